The Hall–Kier alpha value is -2.81. The van der Waals surface area contributed by atoms with Gasteiger partial charge in [-0.25, -0.2) is 13.1 Å². The highest BCUT2D eigenvalue weighted by Gasteiger charge is 2.30. The molecule has 0 unspecified atom stereocenters. The van der Waals surface area contributed by atoms with Crippen molar-refractivity contribution in [1.82, 2.24) is 5.16 Å². The van der Waals surface area contributed by atoms with E-state index < -0.39 is 21.8 Å². The Balaban J connectivity index is 2.02. The third-order valence-electron chi connectivity index (χ3n) is 4.08. The van der Waals surface area contributed by atoms with Gasteiger partial charge in [-0.05, 0) is 37.6 Å². The van der Waals surface area contributed by atoms with E-state index in [1.165, 1.54) is 30.3 Å². The van der Waals surface area contributed by atoms with Crippen LogP contribution in [-0.2, 0) is 16.2 Å². The van der Waals surface area contributed by atoms with Gasteiger partial charge in [0.15, 0.2) is 0 Å². The molecule has 0 saturated heterocycles. The van der Waals surface area contributed by atoms with Crippen molar-refractivity contribution < 1.29 is 26.1 Å². The van der Waals surface area contributed by atoms with Crippen molar-refractivity contribution in [2.45, 2.75) is 24.9 Å². The number of alkyl halides is 3. The zero-order chi connectivity index (χ0) is 19.8. The van der Waals surface area contributed by atoms with Crippen LogP contribution in [0.3, 0.4) is 0 Å². The minimum Gasteiger partial charge on any atom is -0.337 e. The molecule has 0 radical (unpaired) electrons. The maximum absolute atomic E-state index is 12.8. The highest BCUT2D eigenvalue weighted by molar-refractivity contribution is 7.92. The van der Waals surface area contributed by atoms with Gasteiger partial charge in [0, 0.05) is 11.1 Å². The number of rotatable bonds is 4. The number of aryl methyl sites for hydroxylation is 1. The smallest absolute Gasteiger partial charge is 0.337 e. The van der Waals surface area contributed by atoms with Gasteiger partial charge < -0.3 is 4.52 Å². The number of hydrogen-bond donors (Lipinski definition) is 1. The molecule has 5 nitrogen and oxygen atoms in total. The monoisotopic (exact) mass is 396 g/mol. The van der Waals surface area contributed by atoms with Gasteiger partial charge in [-0.3, -0.25) is 0 Å². The molecule has 0 amide bonds. The number of nitrogens with one attached hydrogen (secondary N) is 1. The summed E-state index contributed by atoms with van der Waals surface area (Å²) in [5.41, 5.74) is 0.897. The Labute approximate surface area is 153 Å². The highest BCUT2D eigenvalue weighted by atomic mass is 32.2. The average Bonchev–Trinajstić information content (AvgIpc) is 2.93. The van der Waals surface area contributed by atoms with Crippen LogP contribution in [0.1, 0.15) is 16.8 Å². The van der Waals surface area contributed by atoms with E-state index in [-0.39, 0.29) is 16.3 Å². The molecule has 0 spiro atoms. The zero-order valence-electron chi connectivity index (χ0n) is 14.3. The summed E-state index contributed by atoms with van der Waals surface area (Å²) >= 11 is 0. The Morgan fingerprint density at radius 3 is 2.19 bits per heavy atom. The molecule has 0 aliphatic carbocycles. The predicted octanol–water partition coefficient (Wildman–Crippen LogP) is 4.78. The van der Waals surface area contributed by atoms with Gasteiger partial charge in [0.1, 0.15) is 0 Å². The summed E-state index contributed by atoms with van der Waals surface area (Å²) in [7, 11) is -4.05. The van der Waals surface area contributed by atoms with E-state index in [0.29, 0.717) is 16.8 Å². The van der Waals surface area contributed by atoms with Crippen LogP contribution in [0.15, 0.2) is 57.9 Å². The van der Waals surface area contributed by atoms with Crippen LogP contribution in [0.25, 0.3) is 11.1 Å². The second-order valence-electron chi connectivity index (χ2n) is 5.90. The van der Waals surface area contributed by atoms with E-state index in [2.05, 4.69) is 9.88 Å². The molecular weight excluding hydrogens is 381 g/mol. The van der Waals surface area contributed by atoms with Crippen LogP contribution >= 0.6 is 0 Å². The molecule has 3 aromatic rings. The first-order valence-corrected chi connectivity index (χ1v) is 9.30. The third-order valence-corrected chi connectivity index (χ3v) is 5.47. The van der Waals surface area contributed by atoms with Gasteiger partial charge >= 0.3 is 6.18 Å². The lowest BCUT2D eigenvalue weighted by atomic mass is 10.0. The normalized spacial score (nSPS) is 12.2. The fourth-order valence-corrected chi connectivity index (χ4v) is 3.74. The molecule has 27 heavy (non-hydrogen) atoms. The minimum atomic E-state index is -4.46. The van der Waals surface area contributed by atoms with Gasteiger partial charge in [0.2, 0.25) is 5.88 Å². The molecule has 0 aliphatic heterocycles. The summed E-state index contributed by atoms with van der Waals surface area (Å²) in [5, 5.41) is 3.70. The number of aromatic nitrogens is 1. The minimum absolute atomic E-state index is 0.00489. The van der Waals surface area contributed by atoms with Crippen LogP contribution in [0.2, 0.25) is 0 Å². The standard InChI is InChI=1S/C18H15F3N2O3S/c1-11-12(2)22-26-17(11)23-27(24,25)16-6-4-3-5-15(16)13-7-9-14(10-8-13)18(19,20)21/h3-10,23H,1-2H3. The first-order chi connectivity index (χ1) is 12.6. The molecule has 1 N–H and O–H groups in total. The van der Waals surface area contributed by atoms with Gasteiger partial charge in [-0.15, -0.1) is 0 Å². The lowest BCUT2D eigenvalue weighted by Crippen LogP contribution is -2.14. The van der Waals surface area contributed by atoms with Gasteiger partial charge in [0.05, 0.1) is 16.2 Å². The zero-order valence-corrected chi connectivity index (χ0v) is 15.1. The summed E-state index contributed by atoms with van der Waals surface area (Å²) in [6.45, 7) is 3.33. The Morgan fingerprint density at radius 1 is 1.00 bits per heavy atom. The number of anilines is 1. The van der Waals surface area contributed by atoms with Crippen LogP contribution < -0.4 is 4.72 Å². The van der Waals surface area contributed by atoms with Crippen molar-refractivity contribution >= 4 is 15.9 Å². The molecular formula is C18H15F3N2O3S. The number of halogens is 3. The molecule has 0 atom stereocenters. The lowest BCUT2D eigenvalue weighted by molar-refractivity contribution is -0.137. The average molecular weight is 396 g/mol. The summed E-state index contributed by atoms with van der Waals surface area (Å²) in [6, 6.07) is 10.3. The molecule has 0 bridgehead atoms. The quantitative estimate of drug-likeness (QED) is 0.689. The van der Waals surface area contributed by atoms with Crippen LogP contribution in [0.5, 0.6) is 0 Å². The summed E-state index contributed by atoms with van der Waals surface area (Å²) in [6.07, 6.45) is -4.46. The Kier molecular flexibility index (Phi) is 4.73. The van der Waals surface area contributed by atoms with E-state index in [1.54, 1.807) is 19.9 Å². The molecule has 2 aromatic carbocycles. The SMILES string of the molecule is Cc1noc(NS(=O)(=O)c2ccccc2-c2ccc(C(F)(F)F)cc2)c1C. The van der Waals surface area contributed by atoms with E-state index >= 15 is 0 Å². The molecule has 3 rings (SSSR count). The molecule has 9 heteroatoms. The fourth-order valence-electron chi connectivity index (χ4n) is 2.47. The van der Waals surface area contributed by atoms with E-state index in [1.807, 2.05) is 0 Å². The molecule has 1 heterocycles. The third kappa shape index (κ3) is 3.82. The maximum atomic E-state index is 12.8. The predicted molar refractivity (Wildman–Crippen MR) is 93.7 cm³/mol. The largest absolute Gasteiger partial charge is 0.416 e. The van der Waals surface area contributed by atoms with Crippen LogP contribution in [-0.4, -0.2) is 13.6 Å². The molecule has 0 fully saturated rings. The topological polar surface area (TPSA) is 72.2 Å². The van der Waals surface area contributed by atoms with E-state index in [4.69, 9.17) is 4.52 Å². The van der Waals surface area contributed by atoms with Crippen LogP contribution in [0.4, 0.5) is 19.1 Å². The molecule has 0 saturated carbocycles. The van der Waals surface area contributed by atoms with Crippen molar-refractivity contribution in [2.75, 3.05) is 4.72 Å². The number of hydrogen-bond acceptors (Lipinski definition) is 4. The first-order valence-electron chi connectivity index (χ1n) is 7.82. The summed E-state index contributed by atoms with van der Waals surface area (Å²) in [5.74, 6) is -0.00489. The van der Waals surface area contributed by atoms with Gasteiger partial charge in [-0.2, -0.15) is 13.2 Å². The number of nitrogens with zero attached hydrogens (tertiary/aromatic N) is 1. The fraction of sp³-hybridized carbons (Fsp3) is 0.167. The van der Waals surface area contributed by atoms with Crippen molar-refractivity contribution in [3.63, 3.8) is 0 Å². The van der Waals surface area contributed by atoms with Crippen molar-refractivity contribution in [1.29, 1.82) is 0 Å². The van der Waals surface area contributed by atoms with Crippen molar-refractivity contribution in [3.05, 3.63) is 65.4 Å². The highest BCUT2D eigenvalue weighted by Crippen LogP contribution is 2.33. The van der Waals surface area contributed by atoms with E-state index in [9.17, 15) is 21.6 Å². The van der Waals surface area contributed by atoms with Crippen molar-refractivity contribution in [3.8, 4) is 11.1 Å². The summed E-state index contributed by atoms with van der Waals surface area (Å²) < 4.78 is 71.2. The lowest BCUT2D eigenvalue weighted by Gasteiger charge is -2.12. The molecule has 0 aliphatic rings. The first kappa shape index (κ1) is 19.0. The Bertz CT molecular complexity index is 1070. The Morgan fingerprint density at radius 2 is 1.63 bits per heavy atom. The number of benzene rings is 2. The van der Waals surface area contributed by atoms with Gasteiger partial charge in [-0.1, -0.05) is 35.5 Å². The second-order valence-corrected chi connectivity index (χ2v) is 7.55. The summed E-state index contributed by atoms with van der Waals surface area (Å²) in [4.78, 5) is -0.0850. The van der Waals surface area contributed by atoms with Crippen molar-refractivity contribution in [2.24, 2.45) is 0 Å². The second kappa shape index (κ2) is 6.73. The van der Waals surface area contributed by atoms with Crippen LogP contribution in [0, 0.1) is 13.8 Å². The number of sulfonamides is 1. The maximum Gasteiger partial charge on any atom is 0.416 e. The van der Waals surface area contributed by atoms with Gasteiger partial charge in [0.25, 0.3) is 10.0 Å². The molecule has 142 valence electrons. The van der Waals surface area contributed by atoms with E-state index in [0.717, 1.165) is 12.1 Å². The molecule has 1 aromatic heterocycles.